The van der Waals surface area contributed by atoms with E-state index in [0.29, 0.717) is 0 Å². The maximum absolute atomic E-state index is 12.3. The van der Waals surface area contributed by atoms with Crippen molar-refractivity contribution in [2.45, 2.75) is 118 Å². The van der Waals surface area contributed by atoms with E-state index in [0.717, 1.165) is 33.4 Å². The van der Waals surface area contributed by atoms with Crippen LogP contribution in [-0.2, 0) is 44.1 Å². The third-order valence-electron chi connectivity index (χ3n) is 7.87. The van der Waals surface area contributed by atoms with E-state index < -0.39 is 23.8 Å². The Kier molecular flexibility index (Phi) is 11.2. The topological polar surface area (TPSA) is 115 Å². The van der Waals surface area contributed by atoms with E-state index in [4.69, 9.17) is 0 Å². The Morgan fingerprint density at radius 1 is 0.558 bits per heavy atom. The molecule has 0 aliphatic carbocycles. The number of benzene rings is 2. The first-order valence-corrected chi connectivity index (χ1v) is 16.3. The molecule has 0 heterocycles. The van der Waals surface area contributed by atoms with Crippen molar-refractivity contribution < 1.29 is 30.0 Å². The van der Waals surface area contributed by atoms with Gasteiger partial charge in [-0.25, -0.2) is 0 Å². The normalized spacial score (nSPS) is 14.4. The summed E-state index contributed by atoms with van der Waals surface area (Å²) >= 11 is 1.35. The van der Waals surface area contributed by atoms with Crippen molar-refractivity contribution in [3.63, 3.8) is 0 Å². The molecule has 2 unspecified atom stereocenters. The van der Waals surface area contributed by atoms with Crippen molar-refractivity contribution in [3.05, 3.63) is 57.6 Å². The summed E-state index contributed by atoms with van der Waals surface area (Å²) in [7, 11) is 0. The maximum Gasteiger partial charge on any atom is 0.307 e. The predicted molar refractivity (Wildman–Crippen MR) is 178 cm³/mol. The summed E-state index contributed by atoms with van der Waals surface area (Å²) < 4.78 is 0. The average molecular weight is 615 g/mol. The molecule has 2 aromatic carbocycles. The summed E-state index contributed by atoms with van der Waals surface area (Å²) in [6.45, 7) is 24.3. The van der Waals surface area contributed by atoms with Gasteiger partial charge in [0.1, 0.15) is 11.5 Å². The van der Waals surface area contributed by atoms with Gasteiger partial charge in [0.25, 0.3) is 0 Å². The molecule has 0 radical (unpaired) electrons. The minimum absolute atomic E-state index is 0.257. The summed E-state index contributed by atoms with van der Waals surface area (Å²) in [5.41, 5.74) is 3.56. The summed E-state index contributed by atoms with van der Waals surface area (Å²) in [5, 5.41) is 42.3. The van der Waals surface area contributed by atoms with Gasteiger partial charge in [0.2, 0.25) is 0 Å². The lowest BCUT2D eigenvalue weighted by Gasteiger charge is -2.29. The second-order valence-corrected chi connectivity index (χ2v) is 17.2. The number of rotatable bonds is 10. The van der Waals surface area contributed by atoms with Crippen LogP contribution in [0.2, 0.25) is 0 Å². The number of aromatic hydroxyl groups is 2. The van der Waals surface area contributed by atoms with Gasteiger partial charge in [-0.15, -0.1) is 0 Å². The van der Waals surface area contributed by atoms with Gasteiger partial charge in [-0.3, -0.25) is 9.59 Å². The summed E-state index contributed by atoms with van der Waals surface area (Å²) in [4.78, 5) is 24.7. The van der Waals surface area contributed by atoms with E-state index in [9.17, 15) is 30.0 Å². The second-order valence-electron chi connectivity index (χ2n) is 16.1. The molecule has 2 atom stereocenters. The number of carboxylic acids is 2. The highest BCUT2D eigenvalue weighted by Gasteiger charge is 2.30. The van der Waals surface area contributed by atoms with Crippen molar-refractivity contribution in [2.24, 2.45) is 11.8 Å². The zero-order valence-corrected chi connectivity index (χ0v) is 29.1. The first-order valence-electron chi connectivity index (χ1n) is 15.1. The molecule has 0 aromatic heterocycles. The van der Waals surface area contributed by atoms with Crippen molar-refractivity contribution in [2.75, 3.05) is 11.5 Å². The molecule has 240 valence electrons. The Balaban J connectivity index is 2.31. The molecule has 0 saturated heterocycles. The average Bonchev–Trinajstić information content (AvgIpc) is 2.81. The van der Waals surface area contributed by atoms with Crippen LogP contribution in [0, 0.1) is 11.8 Å². The molecule has 0 saturated carbocycles. The number of hydrogen-bond donors (Lipinski definition) is 4. The number of aliphatic carboxylic acids is 2. The molecule has 0 spiro atoms. The van der Waals surface area contributed by atoms with Crippen LogP contribution in [0.5, 0.6) is 11.5 Å². The van der Waals surface area contributed by atoms with Crippen molar-refractivity contribution in [3.8, 4) is 11.5 Å². The van der Waals surface area contributed by atoms with Crippen LogP contribution in [0.4, 0.5) is 0 Å². The summed E-state index contributed by atoms with van der Waals surface area (Å²) in [6.07, 6.45) is 0.572. The minimum atomic E-state index is -0.926. The Labute approximate surface area is 263 Å². The van der Waals surface area contributed by atoms with E-state index in [1.54, 1.807) is 0 Å². The highest BCUT2D eigenvalue weighted by Crippen LogP contribution is 2.42. The van der Waals surface area contributed by atoms with E-state index >= 15 is 0 Å². The quantitative estimate of drug-likeness (QED) is 0.213. The van der Waals surface area contributed by atoms with Crippen LogP contribution in [0.15, 0.2) is 24.3 Å². The standard InChI is InChI=1S/C36H54O6S/c1-33(2,3)25-15-21(16-26(29(25)37)34(4,5)6)13-23(31(39)40)19-43-20-24(32(41)42)14-22-17-27(35(7,8)9)30(38)28(18-22)36(10,11)12/h15-18,23-24,37-38H,13-14,19-20H2,1-12H3,(H,39,40)(H,41,42). The fourth-order valence-corrected chi connectivity index (χ4v) is 6.49. The lowest BCUT2D eigenvalue weighted by molar-refractivity contribution is -0.141. The molecule has 0 aliphatic rings. The molecule has 43 heavy (non-hydrogen) atoms. The van der Waals surface area contributed by atoms with Gasteiger partial charge < -0.3 is 20.4 Å². The van der Waals surface area contributed by atoms with Gasteiger partial charge in [-0.05, 0) is 67.9 Å². The SMILES string of the molecule is CC(C)(C)c1cc(CC(CSCC(Cc2cc(C(C)(C)C)c(O)c(C(C)(C)C)c2)C(=O)O)C(=O)O)cc(C(C)(C)C)c1O. The van der Waals surface area contributed by atoms with Gasteiger partial charge in [0.15, 0.2) is 0 Å². The van der Waals surface area contributed by atoms with Crippen LogP contribution in [0.25, 0.3) is 0 Å². The van der Waals surface area contributed by atoms with Gasteiger partial charge in [0.05, 0.1) is 11.8 Å². The van der Waals surface area contributed by atoms with Crippen molar-refractivity contribution in [1.29, 1.82) is 0 Å². The predicted octanol–water partition coefficient (Wildman–Crippen LogP) is 8.21. The highest BCUT2D eigenvalue weighted by atomic mass is 32.2. The first kappa shape index (κ1) is 36.5. The number of thioether (sulfide) groups is 1. The van der Waals surface area contributed by atoms with Crippen molar-refractivity contribution in [1.82, 2.24) is 0 Å². The largest absolute Gasteiger partial charge is 0.507 e. The Morgan fingerprint density at radius 3 is 0.977 bits per heavy atom. The summed E-state index contributed by atoms with van der Waals surface area (Å²) in [5.74, 6) is -2.22. The van der Waals surface area contributed by atoms with Crippen LogP contribution >= 0.6 is 11.8 Å². The molecule has 0 fully saturated rings. The molecule has 0 bridgehead atoms. The molecule has 7 heteroatoms. The fraction of sp³-hybridized carbons (Fsp3) is 0.611. The molecular formula is C36H54O6S. The molecular weight excluding hydrogens is 560 g/mol. The Hall–Kier alpha value is -2.67. The third kappa shape index (κ3) is 9.66. The Bertz CT molecular complexity index is 1140. The first-order chi connectivity index (χ1) is 19.3. The van der Waals surface area contributed by atoms with Gasteiger partial charge >= 0.3 is 11.9 Å². The number of carboxylic acid groups (broad SMARTS) is 2. The lowest BCUT2D eigenvalue weighted by atomic mass is 9.77. The van der Waals surface area contributed by atoms with E-state index in [1.165, 1.54) is 11.8 Å². The van der Waals surface area contributed by atoms with E-state index in [1.807, 2.05) is 107 Å². The van der Waals surface area contributed by atoms with Crippen LogP contribution in [0.1, 0.15) is 116 Å². The fourth-order valence-electron chi connectivity index (χ4n) is 5.27. The number of phenols is 2. The van der Waals surface area contributed by atoms with Gasteiger partial charge in [0, 0.05) is 11.5 Å². The Morgan fingerprint density at radius 2 is 0.791 bits per heavy atom. The van der Waals surface area contributed by atoms with Gasteiger partial charge in [-0.1, -0.05) is 107 Å². The zero-order valence-electron chi connectivity index (χ0n) is 28.3. The van der Waals surface area contributed by atoms with Crippen LogP contribution in [-0.4, -0.2) is 43.9 Å². The smallest absolute Gasteiger partial charge is 0.307 e. The summed E-state index contributed by atoms with van der Waals surface area (Å²) in [6, 6.07) is 7.65. The number of phenolic OH excluding ortho intramolecular Hbond substituents is 2. The minimum Gasteiger partial charge on any atom is -0.507 e. The lowest BCUT2D eigenvalue weighted by Crippen LogP contribution is -2.24. The molecule has 0 aliphatic heterocycles. The van der Waals surface area contributed by atoms with Crippen LogP contribution in [0.3, 0.4) is 0 Å². The van der Waals surface area contributed by atoms with Crippen LogP contribution < -0.4 is 0 Å². The van der Waals surface area contributed by atoms with E-state index in [2.05, 4.69) is 0 Å². The molecule has 2 aromatic rings. The second kappa shape index (κ2) is 13.1. The van der Waals surface area contributed by atoms with Gasteiger partial charge in [-0.2, -0.15) is 11.8 Å². The monoisotopic (exact) mass is 614 g/mol. The third-order valence-corrected chi connectivity index (χ3v) is 9.15. The molecule has 6 nitrogen and oxygen atoms in total. The number of carbonyl (C=O) groups is 2. The number of hydrogen-bond acceptors (Lipinski definition) is 5. The molecule has 4 N–H and O–H groups in total. The highest BCUT2D eigenvalue weighted by molar-refractivity contribution is 7.99. The zero-order chi connectivity index (χ0) is 33.3. The molecule has 2 rings (SSSR count). The van der Waals surface area contributed by atoms with Crippen molar-refractivity contribution >= 4 is 23.7 Å². The maximum atomic E-state index is 12.3. The van der Waals surface area contributed by atoms with E-state index in [-0.39, 0.29) is 57.5 Å². The molecule has 0 amide bonds.